The van der Waals surface area contributed by atoms with Gasteiger partial charge in [0.25, 0.3) is 0 Å². The Morgan fingerprint density at radius 3 is 2.75 bits per heavy atom. The fourth-order valence-electron chi connectivity index (χ4n) is 2.23. The fourth-order valence-corrected chi connectivity index (χ4v) is 2.23. The van der Waals surface area contributed by atoms with Gasteiger partial charge >= 0.3 is 0 Å². The van der Waals surface area contributed by atoms with Crippen molar-refractivity contribution in [3.63, 3.8) is 0 Å². The van der Waals surface area contributed by atoms with Gasteiger partial charge in [-0.3, -0.25) is 9.55 Å². The normalized spacial score (nSPS) is 10.5. The first-order valence-electron chi connectivity index (χ1n) is 6.38. The Hall–Kier alpha value is -2.62. The number of pyridine rings is 1. The molecule has 20 heavy (non-hydrogen) atoms. The Labute approximate surface area is 117 Å². The lowest BCUT2D eigenvalue weighted by Crippen LogP contribution is -1.98. The predicted molar refractivity (Wildman–Crippen MR) is 78.1 cm³/mol. The molecule has 2 heterocycles. The van der Waals surface area contributed by atoms with Crippen LogP contribution in [0.2, 0.25) is 0 Å². The number of aryl methyl sites for hydroxylation is 1. The van der Waals surface area contributed by atoms with Crippen LogP contribution in [-0.4, -0.2) is 21.6 Å². The van der Waals surface area contributed by atoms with Gasteiger partial charge in [-0.15, -0.1) is 0 Å². The minimum Gasteiger partial charge on any atom is -0.496 e. The van der Waals surface area contributed by atoms with E-state index >= 15 is 0 Å². The number of hydrogen-bond acceptors (Lipinski definition) is 3. The molecule has 100 valence electrons. The summed E-state index contributed by atoms with van der Waals surface area (Å²) < 4.78 is 7.34. The summed E-state index contributed by atoms with van der Waals surface area (Å²) in [6.07, 6.45) is 7.31. The van der Waals surface area contributed by atoms with Crippen LogP contribution in [0, 0.1) is 6.92 Å². The van der Waals surface area contributed by atoms with E-state index in [0.717, 1.165) is 28.4 Å². The molecule has 0 fully saturated rings. The number of imidazole rings is 1. The quantitative estimate of drug-likeness (QED) is 0.729. The summed E-state index contributed by atoms with van der Waals surface area (Å²) in [6.45, 7) is 2.03. The van der Waals surface area contributed by atoms with Gasteiger partial charge in [0.2, 0.25) is 0 Å². The molecule has 3 aromatic rings. The van der Waals surface area contributed by atoms with Crippen molar-refractivity contribution in [1.82, 2.24) is 14.5 Å². The molecule has 0 aliphatic rings. The SMILES string of the molecule is COc1ccc(-n2ccnc2-c2cccnc2)cc1C. The zero-order valence-electron chi connectivity index (χ0n) is 11.4. The van der Waals surface area contributed by atoms with Crippen molar-refractivity contribution in [2.45, 2.75) is 6.92 Å². The molecule has 0 saturated carbocycles. The van der Waals surface area contributed by atoms with Gasteiger partial charge in [0.15, 0.2) is 0 Å². The highest BCUT2D eigenvalue weighted by atomic mass is 16.5. The highest BCUT2D eigenvalue weighted by Crippen LogP contribution is 2.24. The lowest BCUT2D eigenvalue weighted by molar-refractivity contribution is 0.411. The zero-order valence-corrected chi connectivity index (χ0v) is 11.4. The number of nitrogens with zero attached hydrogens (tertiary/aromatic N) is 3. The Morgan fingerprint density at radius 2 is 2.05 bits per heavy atom. The summed E-state index contributed by atoms with van der Waals surface area (Å²) in [4.78, 5) is 8.57. The molecule has 0 bridgehead atoms. The predicted octanol–water partition coefficient (Wildman–Crippen LogP) is 3.25. The van der Waals surface area contributed by atoms with Gasteiger partial charge in [0.05, 0.1) is 7.11 Å². The third-order valence-corrected chi connectivity index (χ3v) is 3.22. The molecule has 3 rings (SSSR count). The molecule has 0 spiro atoms. The van der Waals surface area contributed by atoms with Crippen LogP contribution in [0.25, 0.3) is 17.1 Å². The summed E-state index contributed by atoms with van der Waals surface area (Å²) in [5.74, 6) is 1.76. The number of hydrogen-bond donors (Lipinski definition) is 0. The van der Waals surface area contributed by atoms with Gasteiger partial charge in [0, 0.05) is 36.0 Å². The molecule has 0 saturated heterocycles. The van der Waals surface area contributed by atoms with Crippen LogP contribution in [-0.2, 0) is 0 Å². The molecule has 4 nitrogen and oxygen atoms in total. The molecule has 0 N–H and O–H groups in total. The van der Waals surface area contributed by atoms with Crippen LogP contribution in [0.15, 0.2) is 55.1 Å². The first-order valence-corrected chi connectivity index (χ1v) is 6.38. The molecular weight excluding hydrogens is 250 g/mol. The van der Waals surface area contributed by atoms with Crippen LogP contribution in [0.3, 0.4) is 0 Å². The molecule has 0 amide bonds. The molecule has 0 radical (unpaired) electrons. The van der Waals surface area contributed by atoms with E-state index in [0.29, 0.717) is 0 Å². The Kier molecular flexibility index (Phi) is 3.21. The van der Waals surface area contributed by atoms with Crippen molar-refractivity contribution in [2.75, 3.05) is 7.11 Å². The van der Waals surface area contributed by atoms with Crippen LogP contribution in [0.4, 0.5) is 0 Å². The maximum atomic E-state index is 5.30. The second-order valence-corrected chi connectivity index (χ2v) is 4.52. The van der Waals surface area contributed by atoms with Crippen LogP contribution in [0.5, 0.6) is 5.75 Å². The van der Waals surface area contributed by atoms with E-state index in [9.17, 15) is 0 Å². The average molecular weight is 265 g/mol. The lowest BCUT2D eigenvalue weighted by Gasteiger charge is -2.10. The summed E-state index contributed by atoms with van der Waals surface area (Å²) in [6, 6.07) is 9.99. The topological polar surface area (TPSA) is 39.9 Å². The number of methoxy groups -OCH3 is 1. The summed E-state index contributed by atoms with van der Waals surface area (Å²) >= 11 is 0. The van der Waals surface area contributed by atoms with E-state index in [1.807, 2.05) is 48.1 Å². The number of aromatic nitrogens is 3. The maximum Gasteiger partial charge on any atom is 0.146 e. The first kappa shape index (κ1) is 12.4. The van der Waals surface area contributed by atoms with E-state index < -0.39 is 0 Å². The minimum absolute atomic E-state index is 0.877. The molecule has 0 atom stereocenters. The Balaban J connectivity index is 2.08. The minimum atomic E-state index is 0.877. The largest absolute Gasteiger partial charge is 0.496 e. The van der Waals surface area contributed by atoms with Gasteiger partial charge < -0.3 is 4.74 Å². The van der Waals surface area contributed by atoms with Crippen LogP contribution >= 0.6 is 0 Å². The van der Waals surface area contributed by atoms with E-state index in [-0.39, 0.29) is 0 Å². The number of ether oxygens (including phenoxy) is 1. The zero-order chi connectivity index (χ0) is 13.9. The molecule has 0 aliphatic heterocycles. The summed E-state index contributed by atoms with van der Waals surface area (Å²) in [5.41, 5.74) is 3.14. The number of rotatable bonds is 3. The van der Waals surface area contributed by atoms with Crippen molar-refractivity contribution < 1.29 is 4.74 Å². The standard InChI is InChI=1S/C16H15N3O/c1-12-10-14(5-6-15(12)20-2)19-9-8-18-16(19)13-4-3-7-17-11-13/h3-11H,1-2H3. The summed E-state index contributed by atoms with van der Waals surface area (Å²) in [5, 5.41) is 0. The van der Waals surface area contributed by atoms with E-state index in [4.69, 9.17) is 4.74 Å². The Bertz CT molecular complexity index is 720. The van der Waals surface area contributed by atoms with Crippen LogP contribution in [0.1, 0.15) is 5.56 Å². The fraction of sp³-hybridized carbons (Fsp3) is 0.125. The van der Waals surface area contributed by atoms with Crippen molar-refractivity contribution in [2.24, 2.45) is 0 Å². The number of benzene rings is 1. The van der Waals surface area contributed by atoms with Crippen molar-refractivity contribution in [3.8, 4) is 22.8 Å². The summed E-state index contributed by atoms with van der Waals surface area (Å²) in [7, 11) is 1.68. The van der Waals surface area contributed by atoms with Gasteiger partial charge in [0.1, 0.15) is 11.6 Å². The third-order valence-electron chi connectivity index (χ3n) is 3.22. The molecule has 0 unspecified atom stereocenters. The Morgan fingerprint density at radius 1 is 1.15 bits per heavy atom. The van der Waals surface area contributed by atoms with E-state index in [1.54, 1.807) is 19.5 Å². The van der Waals surface area contributed by atoms with Crippen molar-refractivity contribution in [3.05, 3.63) is 60.7 Å². The smallest absolute Gasteiger partial charge is 0.146 e. The monoisotopic (exact) mass is 265 g/mol. The van der Waals surface area contributed by atoms with Crippen molar-refractivity contribution >= 4 is 0 Å². The third kappa shape index (κ3) is 2.16. The average Bonchev–Trinajstić information content (AvgIpc) is 2.97. The van der Waals surface area contributed by atoms with Crippen molar-refractivity contribution in [1.29, 1.82) is 0 Å². The van der Waals surface area contributed by atoms with E-state index in [1.165, 1.54) is 0 Å². The van der Waals surface area contributed by atoms with E-state index in [2.05, 4.69) is 16.0 Å². The second-order valence-electron chi connectivity index (χ2n) is 4.52. The molecule has 1 aromatic carbocycles. The van der Waals surface area contributed by atoms with Crippen LogP contribution < -0.4 is 4.74 Å². The molecule has 4 heteroatoms. The molecular formula is C16H15N3O. The van der Waals surface area contributed by atoms with Gasteiger partial charge in [-0.05, 0) is 42.8 Å². The van der Waals surface area contributed by atoms with Gasteiger partial charge in [-0.25, -0.2) is 4.98 Å². The van der Waals surface area contributed by atoms with Gasteiger partial charge in [-0.1, -0.05) is 0 Å². The molecule has 2 aromatic heterocycles. The lowest BCUT2D eigenvalue weighted by atomic mass is 10.2. The van der Waals surface area contributed by atoms with Gasteiger partial charge in [-0.2, -0.15) is 0 Å². The maximum absolute atomic E-state index is 5.30. The second kappa shape index (κ2) is 5.17. The highest BCUT2D eigenvalue weighted by molar-refractivity contribution is 5.58. The first-order chi connectivity index (χ1) is 9.79. The highest BCUT2D eigenvalue weighted by Gasteiger charge is 2.09. The molecule has 0 aliphatic carbocycles.